The Balaban J connectivity index is 1.66. The van der Waals surface area contributed by atoms with Gasteiger partial charge >= 0.3 is 0 Å². The Morgan fingerprint density at radius 2 is 2.22 bits per heavy atom. The minimum absolute atomic E-state index is 0.197. The highest BCUT2D eigenvalue weighted by Crippen LogP contribution is 2.28. The van der Waals surface area contributed by atoms with Gasteiger partial charge in [-0.3, -0.25) is 4.79 Å². The minimum Gasteiger partial charge on any atom is -0.355 e. The Morgan fingerprint density at radius 1 is 1.44 bits per heavy atom. The molecule has 1 amide bonds. The number of rotatable bonds is 5. The molecule has 0 spiro atoms. The van der Waals surface area contributed by atoms with Crippen LogP contribution in [0.3, 0.4) is 0 Å². The van der Waals surface area contributed by atoms with E-state index in [1.807, 2.05) is 10.9 Å². The topological polar surface area (TPSA) is 68.0 Å². The first-order chi connectivity index (χ1) is 8.79. The molecule has 0 saturated heterocycles. The van der Waals surface area contributed by atoms with Crippen LogP contribution in [0.2, 0.25) is 0 Å². The molecule has 2 rings (SSSR count). The molecular weight excluding hydrogens is 246 g/mol. The average molecular weight is 267 g/mol. The summed E-state index contributed by atoms with van der Waals surface area (Å²) in [6.45, 7) is 1.46. The second-order valence-corrected chi connectivity index (χ2v) is 5.69. The van der Waals surface area contributed by atoms with Crippen LogP contribution in [0.5, 0.6) is 0 Å². The number of hydrogen-bond acceptors (Lipinski definition) is 4. The van der Waals surface area contributed by atoms with Crippen LogP contribution in [-0.2, 0) is 11.2 Å². The van der Waals surface area contributed by atoms with Gasteiger partial charge in [-0.25, -0.2) is 4.98 Å². The van der Waals surface area contributed by atoms with Gasteiger partial charge in [-0.05, 0) is 38.1 Å². The zero-order valence-corrected chi connectivity index (χ0v) is 11.4. The summed E-state index contributed by atoms with van der Waals surface area (Å²) in [6.07, 6.45) is 5.00. The fourth-order valence-corrected chi connectivity index (χ4v) is 3.07. The lowest BCUT2D eigenvalue weighted by Gasteiger charge is -2.26. The third-order valence-corrected chi connectivity index (χ3v) is 4.35. The van der Waals surface area contributed by atoms with E-state index in [4.69, 9.17) is 5.73 Å². The largest absolute Gasteiger partial charge is 0.355 e. The molecule has 1 heterocycles. The molecule has 3 N–H and O–H groups in total. The smallest absolute Gasteiger partial charge is 0.223 e. The molecular formula is C13H21N3OS. The first-order valence-corrected chi connectivity index (χ1v) is 7.58. The van der Waals surface area contributed by atoms with Crippen molar-refractivity contribution in [3.8, 4) is 0 Å². The summed E-state index contributed by atoms with van der Waals surface area (Å²) >= 11 is 1.59. The van der Waals surface area contributed by atoms with Crippen molar-refractivity contribution in [3.63, 3.8) is 0 Å². The van der Waals surface area contributed by atoms with Crippen molar-refractivity contribution in [2.75, 3.05) is 13.1 Å². The van der Waals surface area contributed by atoms with Gasteiger partial charge in [0.05, 0.1) is 11.2 Å². The van der Waals surface area contributed by atoms with E-state index in [-0.39, 0.29) is 11.8 Å². The van der Waals surface area contributed by atoms with Gasteiger partial charge in [0, 0.05) is 24.3 Å². The highest BCUT2D eigenvalue weighted by atomic mass is 32.1. The molecule has 4 nitrogen and oxygen atoms in total. The number of thiazole rings is 1. The highest BCUT2D eigenvalue weighted by molar-refractivity contribution is 7.07. The molecule has 1 aliphatic rings. The molecule has 0 unspecified atom stereocenters. The second-order valence-electron chi connectivity index (χ2n) is 4.97. The minimum atomic E-state index is 0.197. The van der Waals surface area contributed by atoms with Crippen LogP contribution in [0.1, 0.15) is 31.4 Å². The van der Waals surface area contributed by atoms with E-state index >= 15 is 0 Å². The Labute approximate surface area is 112 Å². The summed E-state index contributed by atoms with van der Waals surface area (Å²) in [4.78, 5) is 16.2. The first-order valence-electron chi connectivity index (χ1n) is 6.64. The number of nitrogens with zero attached hydrogens (tertiary/aromatic N) is 1. The van der Waals surface area contributed by atoms with Gasteiger partial charge in [-0.15, -0.1) is 11.3 Å². The summed E-state index contributed by atoms with van der Waals surface area (Å²) < 4.78 is 0. The van der Waals surface area contributed by atoms with Crippen molar-refractivity contribution in [2.45, 2.75) is 32.1 Å². The van der Waals surface area contributed by atoms with Gasteiger partial charge < -0.3 is 11.1 Å². The molecule has 0 bridgehead atoms. The zero-order valence-electron chi connectivity index (χ0n) is 10.6. The molecule has 100 valence electrons. The van der Waals surface area contributed by atoms with Gasteiger partial charge in [0.1, 0.15) is 0 Å². The van der Waals surface area contributed by atoms with E-state index in [0.29, 0.717) is 12.5 Å². The molecule has 0 atom stereocenters. The van der Waals surface area contributed by atoms with Crippen LogP contribution in [0.4, 0.5) is 0 Å². The van der Waals surface area contributed by atoms with Gasteiger partial charge in [0.15, 0.2) is 0 Å². The van der Waals surface area contributed by atoms with Crippen LogP contribution in [0.25, 0.3) is 0 Å². The normalized spacial score (nSPS) is 23.8. The number of carbonyl (C=O) groups is 1. The van der Waals surface area contributed by atoms with E-state index in [1.54, 1.807) is 11.3 Å². The first kappa shape index (κ1) is 13.5. The van der Waals surface area contributed by atoms with Crippen LogP contribution < -0.4 is 11.1 Å². The summed E-state index contributed by atoms with van der Waals surface area (Å²) in [5.74, 6) is 1.04. The van der Waals surface area contributed by atoms with Crippen molar-refractivity contribution >= 4 is 17.2 Å². The maximum Gasteiger partial charge on any atom is 0.223 e. The number of aromatic nitrogens is 1. The third-order valence-electron chi connectivity index (χ3n) is 3.71. The Kier molecular flexibility index (Phi) is 5.13. The van der Waals surface area contributed by atoms with Gasteiger partial charge in [-0.1, -0.05) is 0 Å². The van der Waals surface area contributed by atoms with Gasteiger partial charge in [0.25, 0.3) is 0 Å². The van der Waals surface area contributed by atoms with Gasteiger partial charge in [0.2, 0.25) is 5.91 Å². The van der Waals surface area contributed by atoms with Crippen molar-refractivity contribution in [1.29, 1.82) is 0 Å². The van der Waals surface area contributed by atoms with Crippen molar-refractivity contribution in [3.05, 3.63) is 16.6 Å². The monoisotopic (exact) mass is 267 g/mol. The Bertz CT molecular complexity index is 358. The Morgan fingerprint density at radius 3 is 2.83 bits per heavy atom. The number of hydrogen-bond donors (Lipinski definition) is 2. The van der Waals surface area contributed by atoms with E-state index in [1.165, 1.54) is 0 Å². The quantitative estimate of drug-likeness (QED) is 0.851. The van der Waals surface area contributed by atoms with Crippen molar-refractivity contribution in [1.82, 2.24) is 10.3 Å². The summed E-state index contributed by atoms with van der Waals surface area (Å²) in [5.41, 5.74) is 8.54. The second kappa shape index (κ2) is 6.85. The molecule has 1 saturated carbocycles. The van der Waals surface area contributed by atoms with Crippen LogP contribution in [-0.4, -0.2) is 24.0 Å². The SMILES string of the molecule is NCC1CCC(C(=O)NCCc2cscn2)CC1. The van der Waals surface area contributed by atoms with E-state index in [0.717, 1.165) is 44.3 Å². The summed E-state index contributed by atoms with van der Waals surface area (Å²) in [6, 6.07) is 0. The van der Waals surface area contributed by atoms with Gasteiger partial charge in [-0.2, -0.15) is 0 Å². The molecule has 1 aromatic rings. The zero-order chi connectivity index (χ0) is 12.8. The fraction of sp³-hybridized carbons (Fsp3) is 0.692. The number of amides is 1. The number of carbonyl (C=O) groups excluding carboxylic acids is 1. The summed E-state index contributed by atoms with van der Waals surface area (Å²) in [5, 5.41) is 5.04. The Hall–Kier alpha value is -0.940. The number of nitrogens with one attached hydrogen (secondary N) is 1. The standard InChI is InChI=1S/C13H21N3OS/c14-7-10-1-3-11(4-2-10)13(17)15-6-5-12-8-18-9-16-12/h8-11H,1-7,14H2,(H,15,17). The average Bonchev–Trinajstić information content (AvgIpc) is 2.92. The molecule has 0 aromatic carbocycles. The van der Waals surface area contributed by atoms with Crippen molar-refractivity contribution < 1.29 is 4.79 Å². The lowest BCUT2D eigenvalue weighted by Crippen LogP contribution is -2.35. The maximum absolute atomic E-state index is 12.0. The van der Waals surface area contributed by atoms with Crippen LogP contribution >= 0.6 is 11.3 Å². The predicted octanol–water partition coefficient (Wildman–Crippen LogP) is 1.57. The molecule has 0 aliphatic heterocycles. The molecule has 0 radical (unpaired) electrons. The summed E-state index contributed by atoms with van der Waals surface area (Å²) in [7, 11) is 0. The predicted molar refractivity (Wildman–Crippen MR) is 73.3 cm³/mol. The van der Waals surface area contributed by atoms with Crippen LogP contribution in [0, 0.1) is 11.8 Å². The van der Waals surface area contributed by atoms with E-state index in [9.17, 15) is 4.79 Å². The molecule has 1 fully saturated rings. The number of nitrogens with two attached hydrogens (primary N) is 1. The maximum atomic E-state index is 12.0. The van der Waals surface area contributed by atoms with E-state index < -0.39 is 0 Å². The molecule has 1 aliphatic carbocycles. The highest BCUT2D eigenvalue weighted by Gasteiger charge is 2.25. The van der Waals surface area contributed by atoms with Crippen LogP contribution in [0.15, 0.2) is 10.9 Å². The van der Waals surface area contributed by atoms with Crippen molar-refractivity contribution in [2.24, 2.45) is 17.6 Å². The molecule has 18 heavy (non-hydrogen) atoms. The lowest BCUT2D eigenvalue weighted by atomic mass is 9.81. The lowest BCUT2D eigenvalue weighted by molar-refractivity contribution is -0.126. The fourth-order valence-electron chi connectivity index (χ4n) is 2.48. The van der Waals surface area contributed by atoms with E-state index in [2.05, 4.69) is 10.3 Å². The molecule has 1 aromatic heterocycles. The third kappa shape index (κ3) is 3.78. The molecule has 5 heteroatoms.